The largest absolute Gasteiger partial charge is 0.490 e. The summed E-state index contributed by atoms with van der Waals surface area (Å²) in [5.41, 5.74) is 11.8. The summed E-state index contributed by atoms with van der Waals surface area (Å²) in [4.78, 5) is 13.8. The Balaban J connectivity index is 1.98. The molecule has 4 N–H and O–H groups in total. The van der Waals surface area contributed by atoms with Crippen molar-refractivity contribution in [1.29, 1.82) is 0 Å². The Bertz CT molecular complexity index is 505. The average molecular weight is 293 g/mol. The SMILES string of the molecule is CC(C)N1CCOC(COc2ccc(N)cc2C(N)=O)C1. The van der Waals surface area contributed by atoms with E-state index in [-0.39, 0.29) is 6.10 Å². The first-order chi connectivity index (χ1) is 9.97. The number of morpholine rings is 1. The molecule has 1 aliphatic heterocycles. The lowest BCUT2D eigenvalue weighted by atomic mass is 10.1. The lowest BCUT2D eigenvalue weighted by Crippen LogP contribution is -2.47. The molecular weight excluding hydrogens is 270 g/mol. The summed E-state index contributed by atoms with van der Waals surface area (Å²) in [6, 6.07) is 5.36. The normalized spacial score (nSPS) is 19.7. The summed E-state index contributed by atoms with van der Waals surface area (Å²) in [6.45, 7) is 7.15. The van der Waals surface area contributed by atoms with Crippen molar-refractivity contribution < 1.29 is 14.3 Å². The molecule has 6 heteroatoms. The van der Waals surface area contributed by atoms with E-state index in [1.54, 1.807) is 12.1 Å². The highest BCUT2D eigenvalue weighted by Crippen LogP contribution is 2.21. The number of nitrogens with two attached hydrogens (primary N) is 2. The molecule has 116 valence electrons. The van der Waals surface area contributed by atoms with E-state index in [0.29, 0.717) is 36.3 Å². The fourth-order valence-electron chi connectivity index (χ4n) is 2.36. The molecule has 1 fully saturated rings. The number of nitrogens with zero attached hydrogens (tertiary/aromatic N) is 1. The first kappa shape index (κ1) is 15.6. The second-order valence-corrected chi connectivity index (χ2v) is 5.51. The third-order valence-corrected chi connectivity index (χ3v) is 3.59. The maximum absolute atomic E-state index is 11.4. The van der Waals surface area contributed by atoms with E-state index in [2.05, 4.69) is 18.7 Å². The second kappa shape index (κ2) is 6.78. The van der Waals surface area contributed by atoms with Crippen LogP contribution in [0.2, 0.25) is 0 Å². The number of benzene rings is 1. The molecule has 1 heterocycles. The summed E-state index contributed by atoms with van der Waals surface area (Å²) < 4.78 is 11.4. The molecule has 21 heavy (non-hydrogen) atoms. The van der Waals surface area contributed by atoms with Gasteiger partial charge in [-0.3, -0.25) is 9.69 Å². The number of amides is 1. The molecule has 0 aromatic heterocycles. The Morgan fingerprint density at radius 2 is 2.29 bits per heavy atom. The van der Waals surface area contributed by atoms with Crippen LogP contribution in [0.5, 0.6) is 5.75 Å². The summed E-state index contributed by atoms with van der Waals surface area (Å²) >= 11 is 0. The van der Waals surface area contributed by atoms with Gasteiger partial charge in [0.2, 0.25) is 0 Å². The number of nitrogen functional groups attached to an aromatic ring is 1. The van der Waals surface area contributed by atoms with E-state index < -0.39 is 5.91 Å². The van der Waals surface area contributed by atoms with Crippen LogP contribution in [0.25, 0.3) is 0 Å². The van der Waals surface area contributed by atoms with Crippen LogP contribution in [-0.4, -0.2) is 49.3 Å². The van der Waals surface area contributed by atoms with Crippen molar-refractivity contribution in [3.05, 3.63) is 23.8 Å². The molecule has 1 saturated heterocycles. The molecule has 1 atom stereocenters. The smallest absolute Gasteiger partial charge is 0.252 e. The van der Waals surface area contributed by atoms with Crippen molar-refractivity contribution in [1.82, 2.24) is 4.90 Å². The molecule has 0 saturated carbocycles. The average Bonchev–Trinajstić information content (AvgIpc) is 2.46. The van der Waals surface area contributed by atoms with Gasteiger partial charge >= 0.3 is 0 Å². The number of hydrogen-bond donors (Lipinski definition) is 2. The van der Waals surface area contributed by atoms with E-state index in [0.717, 1.165) is 13.1 Å². The zero-order valence-electron chi connectivity index (χ0n) is 12.5. The third-order valence-electron chi connectivity index (χ3n) is 3.59. The van der Waals surface area contributed by atoms with Gasteiger partial charge in [-0.2, -0.15) is 0 Å². The Morgan fingerprint density at radius 3 is 2.95 bits per heavy atom. The molecule has 1 unspecified atom stereocenters. The van der Waals surface area contributed by atoms with Crippen molar-refractivity contribution in [3.63, 3.8) is 0 Å². The highest BCUT2D eigenvalue weighted by Gasteiger charge is 2.23. The Labute approximate surface area is 125 Å². The molecule has 1 aromatic rings. The molecule has 2 rings (SSSR count). The predicted octanol–water partition coefficient (Wildman–Crippen LogP) is 0.856. The van der Waals surface area contributed by atoms with Crippen LogP contribution in [0.4, 0.5) is 5.69 Å². The van der Waals surface area contributed by atoms with Gasteiger partial charge in [-0.1, -0.05) is 0 Å². The van der Waals surface area contributed by atoms with E-state index in [9.17, 15) is 4.79 Å². The number of primary amides is 1. The first-order valence-corrected chi connectivity index (χ1v) is 7.15. The van der Waals surface area contributed by atoms with Gasteiger partial charge in [-0.15, -0.1) is 0 Å². The van der Waals surface area contributed by atoms with E-state index in [4.69, 9.17) is 20.9 Å². The number of carbonyl (C=O) groups excluding carboxylic acids is 1. The first-order valence-electron chi connectivity index (χ1n) is 7.15. The fourth-order valence-corrected chi connectivity index (χ4v) is 2.36. The van der Waals surface area contributed by atoms with Crippen LogP contribution in [0.1, 0.15) is 24.2 Å². The van der Waals surface area contributed by atoms with Gasteiger partial charge in [-0.25, -0.2) is 0 Å². The summed E-state index contributed by atoms with van der Waals surface area (Å²) in [5.74, 6) is -0.104. The number of anilines is 1. The van der Waals surface area contributed by atoms with Crippen LogP contribution < -0.4 is 16.2 Å². The van der Waals surface area contributed by atoms with Crippen molar-refractivity contribution >= 4 is 11.6 Å². The van der Waals surface area contributed by atoms with Gasteiger partial charge in [0.1, 0.15) is 18.5 Å². The third kappa shape index (κ3) is 4.09. The topological polar surface area (TPSA) is 90.8 Å². The second-order valence-electron chi connectivity index (χ2n) is 5.51. The van der Waals surface area contributed by atoms with Crippen LogP contribution in [0, 0.1) is 0 Å². The maximum Gasteiger partial charge on any atom is 0.252 e. The minimum absolute atomic E-state index is 0.0144. The Hall–Kier alpha value is -1.79. The van der Waals surface area contributed by atoms with E-state index >= 15 is 0 Å². The fraction of sp³-hybridized carbons (Fsp3) is 0.533. The van der Waals surface area contributed by atoms with Gasteiger partial charge in [0, 0.05) is 24.8 Å². The molecule has 0 aliphatic carbocycles. The number of hydrogen-bond acceptors (Lipinski definition) is 5. The lowest BCUT2D eigenvalue weighted by Gasteiger charge is -2.35. The minimum atomic E-state index is -0.550. The van der Waals surface area contributed by atoms with E-state index in [1.807, 2.05) is 0 Å². The van der Waals surface area contributed by atoms with Crippen LogP contribution in [-0.2, 0) is 4.74 Å². The Morgan fingerprint density at radius 1 is 1.52 bits per heavy atom. The molecule has 0 spiro atoms. The minimum Gasteiger partial charge on any atom is -0.490 e. The lowest BCUT2D eigenvalue weighted by molar-refractivity contribution is -0.0565. The summed E-state index contributed by atoms with van der Waals surface area (Å²) in [7, 11) is 0. The quantitative estimate of drug-likeness (QED) is 0.786. The van der Waals surface area contributed by atoms with Crippen molar-refractivity contribution in [3.8, 4) is 5.75 Å². The molecule has 0 bridgehead atoms. The van der Waals surface area contributed by atoms with Gasteiger partial charge in [0.05, 0.1) is 12.2 Å². The molecule has 1 amide bonds. The molecule has 0 radical (unpaired) electrons. The molecule has 1 aromatic carbocycles. The molecule has 6 nitrogen and oxygen atoms in total. The number of rotatable bonds is 5. The number of carbonyl (C=O) groups is 1. The van der Waals surface area contributed by atoms with Crippen molar-refractivity contribution in [2.24, 2.45) is 5.73 Å². The van der Waals surface area contributed by atoms with Crippen LogP contribution in [0.3, 0.4) is 0 Å². The highest BCUT2D eigenvalue weighted by molar-refractivity contribution is 5.96. The van der Waals surface area contributed by atoms with Gasteiger partial charge in [0.25, 0.3) is 5.91 Å². The van der Waals surface area contributed by atoms with Gasteiger partial charge < -0.3 is 20.9 Å². The standard InChI is InChI=1S/C15H23N3O3/c1-10(2)18-5-6-20-12(8-18)9-21-14-4-3-11(16)7-13(14)15(17)19/h3-4,7,10,12H,5-6,8-9,16H2,1-2H3,(H2,17,19). The van der Waals surface area contributed by atoms with Crippen molar-refractivity contribution in [2.45, 2.75) is 26.0 Å². The summed E-state index contributed by atoms with van der Waals surface area (Å²) in [5, 5.41) is 0. The molecular formula is C15H23N3O3. The Kier molecular flexibility index (Phi) is 5.03. The maximum atomic E-state index is 11.4. The summed E-state index contributed by atoms with van der Waals surface area (Å²) in [6.07, 6.45) is -0.0144. The zero-order chi connectivity index (χ0) is 15.4. The number of ether oxygens (including phenoxy) is 2. The van der Waals surface area contributed by atoms with Crippen LogP contribution >= 0.6 is 0 Å². The van der Waals surface area contributed by atoms with Gasteiger partial charge in [0.15, 0.2) is 0 Å². The van der Waals surface area contributed by atoms with Crippen molar-refractivity contribution in [2.75, 3.05) is 32.0 Å². The predicted molar refractivity (Wildman–Crippen MR) is 81.3 cm³/mol. The van der Waals surface area contributed by atoms with E-state index in [1.165, 1.54) is 6.07 Å². The zero-order valence-corrected chi connectivity index (χ0v) is 12.5. The van der Waals surface area contributed by atoms with Gasteiger partial charge in [-0.05, 0) is 32.0 Å². The molecule has 1 aliphatic rings. The highest BCUT2D eigenvalue weighted by atomic mass is 16.5. The van der Waals surface area contributed by atoms with Crippen LogP contribution in [0.15, 0.2) is 18.2 Å². The monoisotopic (exact) mass is 293 g/mol.